The lowest BCUT2D eigenvalue weighted by atomic mass is 10.0. The van der Waals surface area contributed by atoms with E-state index in [4.69, 9.17) is 23.2 Å². The molecule has 0 saturated carbocycles. The standard InChI is InChI=1S/C20H11Cl2I2NO3/c21-11-3-1-10(2-4-11)18(26)14-6-5-13(9-16(14)22)25-20(28)15-7-12(23)8-17(24)19(15)27/h1-9,27H,(H,25,28). The highest BCUT2D eigenvalue weighted by Gasteiger charge is 2.17. The maximum Gasteiger partial charge on any atom is 0.259 e. The van der Waals surface area contributed by atoms with Gasteiger partial charge in [-0.2, -0.15) is 0 Å². The average Bonchev–Trinajstić information content (AvgIpc) is 2.65. The number of anilines is 1. The minimum Gasteiger partial charge on any atom is -0.506 e. The molecule has 142 valence electrons. The molecular weight excluding hydrogens is 627 g/mol. The second-order valence-electron chi connectivity index (χ2n) is 5.77. The Morgan fingerprint density at radius 3 is 2.21 bits per heavy atom. The zero-order valence-electron chi connectivity index (χ0n) is 14.0. The van der Waals surface area contributed by atoms with Gasteiger partial charge in [-0.1, -0.05) is 23.2 Å². The molecule has 0 radical (unpaired) electrons. The van der Waals surface area contributed by atoms with Gasteiger partial charge in [0.25, 0.3) is 5.91 Å². The molecule has 0 unspecified atom stereocenters. The largest absolute Gasteiger partial charge is 0.506 e. The fraction of sp³-hybridized carbons (Fsp3) is 0. The lowest BCUT2D eigenvalue weighted by molar-refractivity contribution is 0.102. The number of aromatic hydroxyl groups is 1. The second kappa shape index (κ2) is 8.98. The third-order valence-electron chi connectivity index (χ3n) is 3.85. The number of ketones is 1. The molecule has 4 nitrogen and oxygen atoms in total. The number of nitrogens with one attached hydrogen (secondary N) is 1. The molecule has 0 saturated heterocycles. The number of carbonyl (C=O) groups excluding carboxylic acids is 2. The Bertz CT molecular complexity index is 1090. The highest BCUT2D eigenvalue weighted by Crippen LogP contribution is 2.29. The van der Waals surface area contributed by atoms with Gasteiger partial charge >= 0.3 is 0 Å². The molecule has 0 aliphatic heterocycles. The molecule has 0 aromatic heterocycles. The summed E-state index contributed by atoms with van der Waals surface area (Å²) < 4.78 is 1.41. The molecule has 0 heterocycles. The van der Waals surface area contributed by atoms with Gasteiger partial charge in [0, 0.05) is 25.4 Å². The Hall–Kier alpha value is -1.36. The monoisotopic (exact) mass is 637 g/mol. The predicted octanol–water partition coefficient (Wildman–Crippen LogP) is 6.39. The topological polar surface area (TPSA) is 66.4 Å². The van der Waals surface area contributed by atoms with Crippen LogP contribution < -0.4 is 5.32 Å². The van der Waals surface area contributed by atoms with E-state index in [0.29, 0.717) is 25.4 Å². The van der Waals surface area contributed by atoms with Crippen molar-refractivity contribution >= 4 is 85.8 Å². The number of halogens is 4. The van der Waals surface area contributed by atoms with Gasteiger partial charge in [-0.3, -0.25) is 9.59 Å². The fourth-order valence-corrected chi connectivity index (χ4v) is 4.71. The van der Waals surface area contributed by atoms with Crippen LogP contribution in [0.4, 0.5) is 5.69 Å². The molecule has 28 heavy (non-hydrogen) atoms. The predicted molar refractivity (Wildman–Crippen MR) is 128 cm³/mol. The first-order valence-corrected chi connectivity index (χ1v) is 10.8. The van der Waals surface area contributed by atoms with Crippen molar-refractivity contribution in [2.45, 2.75) is 0 Å². The van der Waals surface area contributed by atoms with E-state index in [1.54, 1.807) is 48.5 Å². The van der Waals surface area contributed by atoms with Gasteiger partial charge in [-0.05, 0) is 99.8 Å². The number of amides is 1. The number of benzene rings is 3. The highest BCUT2D eigenvalue weighted by molar-refractivity contribution is 14.1. The lowest BCUT2D eigenvalue weighted by Gasteiger charge is -2.11. The van der Waals surface area contributed by atoms with Crippen molar-refractivity contribution < 1.29 is 14.7 Å². The maximum absolute atomic E-state index is 12.6. The van der Waals surface area contributed by atoms with Crippen molar-refractivity contribution in [3.8, 4) is 5.75 Å². The summed E-state index contributed by atoms with van der Waals surface area (Å²) in [4.78, 5) is 25.1. The summed E-state index contributed by atoms with van der Waals surface area (Å²) in [5.41, 5.74) is 1.35. The second-order valence-corrected chi connectivity index (χ2v) is 9.02. The van der Waals surface area contributed by atoms with Crippen molar-refractivity contribution in [2.24, 2.45) is 0 Å². The molecule has 2 N–H and O–H groups in total. The summed E-state index contributed by atoms with van der Waals surface area (Å²) in [6, 6.07) is 14.5. The van der Waals surface area contributed by atoms with Crippen LogP contribution in [-0.4, -0.2) is 16.8 Å². The average molecular weight is 638 g/mol. The van der Waals surface area contributed by atoms with Gasteiger partial charge < -0.3 is 10.4 Å². The summed E-state index contributed by atoms with van der Waals surface area (Å²) in [6.07, 6.45) is 0. The SMILES string of the molecule is O=C(c1ccc(Cl)cc1)c1ccc(NC(=O)c2cc(I)cc(I)c2O)cc1Cl. The number of carbonyl (C=O) groups is 2. The first kappa shape index (κ1) is 21.4. The van der Waals surface area contributed by atoms with Crippen LogP contribution in [0, 0.1) is 7.14 Å². The third kappa shape index (κ3) is 4.79. The number of phenols is 1. The molecule has 0 fully saturated rings. The molecule has 0 bridgehead atoms. The summed E-state index contributed by atoms with van der Waals surface area (Å²) in [5.74, 6) is -0.801. The molecule has 0 spiro atoms. The Kier molecular flexibility index (Phi) is 6.85. The van der Waals surface area contributed by atoms with E-state index in [-0.39, 0.29) is 22.1 Å². The van der Waals surface area contributed by atoms with Crippen LogP contribution in [0.2, 0.25) is 10.0 Å². The molecule has 1 amide bonds. The summed E-state index contributed by atoms with van der Waals surface area (Å²) in [6.45, 7) is 0. The van der Waals surface area contributed by atoms with E-state index in [9.17, 15) is 14.7 Å². The molecule has 0 atom stereocenters. The van der Waals surface area contributed by atoms with Gasteiger partial charge in [0.2, 0.25) is 0 Å². The van der Waals surface area contributed by atoms with E-state index in [1.807, 2.05) is 22.6 Å². The van der Waals surface area contributed by atoms with Crippen molar-refractivity contribution in [2.75, 3.05) is 5.32 Å². The van der Waals surface area contributed by atoms with Crippen LogP contribution in [0.15, 0.2) is 54.6 Å². The molecule has 8 heteroatoms. The molecule has 3 aromatic rings. The Morgan fingerprint density at radius 1 is 0.893 bits per heavy atom. The minimum atomic E-state index is -0.471. The summed E-state index contributed by atoms with van der Waals surface area (Å²) in [5, 5.41) is 13.6. The number of rotatable bonds is 4. The van der Waals surface area contributed by atoms with E-state index < -0.39 is 5.91 Å². The summed E-state index contributed by atoms with van der Waals surface area (Å²) >= 11 is 16.2. The van der Waals surface area contributed by atoms with Gasteiger partial charge in [0.1, 0.15) is 5.75 Å². The fourth-order valence-electron chi connectivity index (χ4n) is 2.47. The van der Waals surface area contributed by atoms with Crippen molar-refractivity contribution in [3.05, 3.63) is 88.5 Å². The van der Waals surface area contributed by atoms with Crippen LogP contribution in [0.3, 0.4) is 0 Å². The van der Waals surface area contributed by atoms with Gasteiger partial charge in [0.05, 0.1) is 14.2 Å². The van der Waals surface area contributed by atoms with Crippen LogP contribution >= 0.6 is 68.4 Å². The lowest BCUT2D eigenvalue weighted by Crippen LogP contribution is -2.13. The number of hydrogen-bond acceptors (Lipinski definition) is 3. The Morgan fingerprint density at radius 2 is 1.57 bits per heavy atom. The van der Waals surface area contributed by atoms with E-state index in [1.165, 1.54) is 6.07 Å². The quantitative estimate of drug-likeness (QED) is 0.257. The highest BCUT2D eigenvalue weighted by atomic mass is 127. The first-order chi connectivity index (χ1) is 13.3. The van der Waals surface area contributed by atoms with Crippen LogP contribution in [0.5, 0.6) is 5.75 Å². The number of phenolic OH excluding ortho intramolecular Hbond substituents is 1. The Labute approximate surface area is 198 Å². The van der Waals surface area contributed by atoms with Crippen molar-refractivity contribution in [1.29, 1.82) is 0 Å². The van der Waals surface area contributed by atoms with Crippen LogP contribution in [0.1, 0.15) is 26.3 Å². The summed E-state index contributed by atoms with van der Waals surface area (Å²) in [7, 11) is 0. The zero-order chi connectivity index (χ0) is 20.4. The molecular formula is C20H11Cl2I2NO3. The zero-order valence-corrected chi connectivity index (χ0v) is 19.8. The first-order valence-electron chi connectivity index (χ1n) is 7.85. The van der Waals surface area contributed by atoms with Crippen molar-refractivity contribution in [1.82, 2.24) is 0 Å². The smallest absolute Gasteiger partial charge is 0.259 e. The maximum atomic E-state index is 12.6. The normalized spacial score (nSPS) is 10.6. The van der Waals surface area contributed by atoms with Crippen molar-refractivity contribution in [3.63, 3.8) is 0 Å². The molecule has 3 rings (SSSR count). The van der Waals surface area contributed by atoms with E-state index in [2.05, 4.69) is 27.9 Å². The van der Waals surface area contributed by atoms with E-state index >= 15 is 0 Å². The van der Waals surface area contributed by atoms with Gasteiger partial charge in [-0.15, -0.1) is 0 Å². The van der Waals surface area contributed by atoms with Crippen LogP contribution in [-0.2, 0) is 0 Å². The Balaban J connectivity index is 1.84. The number of hydrogen-bond donors (Lipinski definition) is 2. The molecule has 3 aromatic carbocycles. The van der Waals surface area contributed by atoms with Gasteiger partial charge in [-0.25, -0.2) is 0 Å². The van der Waals surface area contributed by atoms with Gasteiger partial charge in [0.15, 0.2) is 5.78 Å². The van der Waals surface area contributed by atoms with Crippen LogP contribution in [0.25, 0.3) is 0 Å². The molecule has 0 aliphatic rings. The third-order valence-corrected chi connectivity index (χ3v) is 5.86. The van der Waals surface area contributed by atoms with E-state index in [0.717, 1.165) is 3.57 Å². The minimum absolute atomic E-state index is 0.0841. The molecule has 0 aliphatic carbocycles.